The van der Waals surface area contributed by atoms with Gasteiger partial charge in [0, 0.05) is 5.56 Å². The van der Waals surface area contributed by atoms with Gasteiger partial charge in [-0.1, -0.05) is 38.2 Å². The molecule has 4 heteroatoms. The van der Waals surface area contributed by atoms with Crippen LogP contribution in [0.3, 0.4) is 0 Å². The highest BCUT2D eigenvalue weighted by molar-refractivity contribution is 9.10. The van der Waals surface area contributed by atoms with E-state index in [1.54, 1.807) is 14.2 Å². The zero-order valence-electron chi connectivity index (χ0n) is 12.8. The van der Waals surface area contributed by atoms with Gasteiger partial charge in [-0.25, -0.2) is 0 Å². The standard InChI is InChI=1S/C17H24BrClO2/c1-20-15-11-9-13(17(21-2)16(15)18)14(19)10-8-12-6-4-3-5-7-12/h9,11-12,14H,3-8,10H2,1-2H3. The summed E-state index contributed by atoms with van der Waals surface area (Å²) in [6.45, 7) is 0. The van der Waals surface area contributed by atoms with Gasteiger partial charge in [0.25, 0.3) is 0 Å². The van der Waals surface area contributed by atoms with Gasteiger partial charge in [-0.2, -0.15) is 0 Å². The molecule has 1 aliphatic carbocycles. The van der Waals surface area contributed by atoms with Crippen molar-refractivity contribution in [3.63, 3.8) is 0 Å². The van der Waals surface area contributed by atoms with Crippen LogP contribution in [0.2, 0.25) is 0 Å². The Labute approximate surface area is 141 Å². The summed E-state index contributed by atoms with van der Waals surface area (Å²) < 4.78 is 11.7. The molecule has 118 valence electrons. The summed E-state index contributed by atoms with van der Waals surface area (Å²) >= 11 is 10.2. The Morgan fingerprint density at radius 1 is 1.19 bits per heavy atom. The van der Waals surface area contributed by atoms with E-state index in [1.807, 2.05) is 12.1 Å². The summed E-state index contributed by atoms with van der Waals surface area (Å²) in [6.07, 6.45) is 9.12. The predicted octanol–water partition coefficient (Wildman–Crippen LogP) is 6.11. The second kappa shape index (κ2) is 8.28. The largest absolute Gasteiger partial charge is 0.495 e. The molecule has 0 spiro atoms. The minimum atomic E-state index is -0.0101. The van der Waals surface area contributed by atoms with Gasteiger partial charge in [-0.05, 0) is 40.8 Å². The third-order valence-corrected chi connectivity index (χ3v) is 5.61. The van der Waals surface area contributed by atoms with Crippen molar-refractivity contribution in [1.82, 2.24) is 0 Å². The van der Waals surface area contributed by atoms with Crippen molar-refractivity contribution < 1.29 is 9.47 Å². The maximum Gasteiger partial charge on any atom is 0.141 e. The minimum Gasteiger partial charge on any atom is -0.495 e. The SMILES string of the molecule is COc1ccc(C(Cl)CCC2CCCCC2)c(OC)c1Br. The summed E-state index contributed by atoms with van der Waals surface area (Å²) in [4.78, 5) is 0. The summed E-state index contributed by atoms with van der Waals surface area (Å²) in [5.74, 6) is 2.41. The molecule has 2 rings (SSSR count). The molecule has 1 aliphatic rings. The van der Waals surface area contributed by atoms with Crippen LogP contribution >= 0.6 is 27.5 Å². The molecule has 0 heterocycles. The van der Waals surface area contributed by atoms with E-state index in [0.29, 0.717) is 0 Å². The van der Waals surface area contributed by atoms with Gasteiger partial charge >= 0.3 is 0 Å². The first-order valence-electron chi connectivity index (χ1n) is 7.71. The quantitative estimate of drug-likeness (QED) is 0.559. The van der Waals surface area contributed by atoms with E-state index in [4.69, 9.17) is 21.1 Å². The summed E-state index contributed by atoms with van der Waals surface area (Å²) in [6, 6.07) is 3.96. The van der Waals surface area contributed by atoms with Crippen LogP contribution < -0.4 is 9.47 Å². The Morgan fingerprint density at radius 3 is 2.52 bits per heavy atom. The lowest BCUT2D eigenvalue weighted by atomic mass is 9.85. The van der Waals surface area contributed by atoms with Crippen LogP contribution in [-0.2, 0) is 0 Å². The van der Waals surface area contributed by atoms with Gasteiger partial charge < -0.3 is 9.47 Å². The van der Waals surface area contributed by atoms with E-state index in [1.165, 1.54) is 38.5 Å². The summed E-state index contributed by atoms with van der Waals surface area (Å²) in [7, 11) is 3.33. The molecule has 0 saturated heterocycles. The zero-order chi connectivity index (χ0) is 15.2. The number of methoxy groups -OCH3 is 2. The van der Waals surface area contributed by atoms with Crippen molar-refractivity contribution in [3.8, 4) is 11.5 Å². The molecule has 21 heavy (non-hydrogen) atoms. The first-order chi connectivity index (χ1) is 10.2. The molecule has 0 amide bonds. The maximum absolute atomic E-state index is 6.64. The van der Waals surface area contributed by atoms with Gasteiger partial charge in [0.1, 0.15) is 16.0 Å². The second-order valence-corrected chi connectivity index (χ2v) is 7.07. The number of hydrogen-bond acceptors (Lipinski definition) is 2. The Balaban J connectivity index is 2.04. The van der Waals surface area contributed by atoms with Crippen molar-refractivity contribution >= 4 is 27.5 Å². The minimum absolute atomic E-state index is 0.0101. The molecule has 0 aliphatic heterocycles. The van der Waals surface area contributed by atoms with Gasteiger partial charge in [-0.15, -0.1) is 11.6 Å². The lowest BCUT2D eigenvalue weighted by molar-refractivity contribution is 0.330. The summed E-state index contributed by atoms with van der Waals surface area (Å²) in [5.41, 5.74) is 1.04. The fraction of sp³-hybridized carbons (Fsp3) is 0.647. The van der Waals surface area contributed by atoms with Crippen LogP contribution in [0.15, 0.2) is 16.6 Å². The first-order valence-corrected chi connectivity index (χ1v) is 8.94. The van der Waals surface area contributed by atoms with Gasteiger partial charge in [0.2, 0.25) is 0 Å². The molecule has 0 aromatic heterocycles. The van der Waals surface area contributed by atoms with E-state index >= 15 is 0 Å². The molecular weight excluding hydrogens is 352 g/mol. The third-order valence-electron chi connectivity index (χ3n) is 4.41. The van der Waals surface area contributed by atoms with E-state index in [2.05, 4.69) is 15.9 Å². The highest BCUT2D eigenvalue weighted by atomic mass is 79.9. The fourth-order valence-electron chi connectivity index (χ4n) is 3.18. The Kier molecular flexibility index (Phi) is 6.69. The number of ether oxygens (including phenoxy) is 2. The number of halogens is 2. The van der Waals surface area contributed by atoms with E-state index < -0.39 is 0 Å². The predicted molar refractivity (Wildman–Crippen MR) is 91.6 cm³/mol. The van der Waals surface area contributed by atoms with Crippen LogP contribution in [-0.4, -0.2) is 14.2 Å². The first kappa shape index (κ1) is 17.0. The zero-order valence-corrected chi connectivity index (χ0v) is 15.2. The van der Waals surface area contributed by atoms with Crippen LogP contribution in [0.4, 0.5) is 0 Å². The molecule has 2 nitrogen and oxygen atoms in total. The van der Waals surface area contributed by atoms with Gasteiger partial charge in [0.05, 0.1) is 19.6 Å². The van der Waals surface area contributed by atoms with Crippen molar-refractivity contribution in [3.05, 3.63) is 22.2 Å². The maximum atomic E-state index is 6.64. The number of alkyl halides is 1. The van der Waals surface area contributed by atoms with Gasteiger partial charge in [-0.3, -0.25) is 0 Å². The monoisotopic (exact) mass is 374 g/mol. The molecule has 1 atom stereocenters. The van der Waals surface area contributed by atoms with E-state index in [9.17, 15) is 0 Å². The van der Waals surface area contributed by atoms with E-state index in [-0.39, 0.29) is 5.38 Å². The number of benzene rings is 1. The summed E-state index contributed by atoms with van der Waals surface area (Å²) in [5, 5.41) is -0.0101. The molecule has 1 unspecified atom stereocenters. The molecule has 1 saturated carbocycles. The van der Waals surface area contributed by atoms with E-state index in [0.717, 1.165) is 33.9 Å². The lowest BCUT2D eigenvalue weighted by Gasteiger charge is -2.23. The molecule has 0 bridgehead atoms. The molecule has 1 aromatic carbocycles. The van der Waals surface area contributed by atoms with Crippen molar-refractivity contribution in [2.24, 2.45) is 5.92 Å². The van der Waals surface area contributed by atoms with Crippen LogP contribution in [0, 0.1) is 5.92 Å². The van der Waals surface area contributed by atoms with Crippen LogP contribution in [0.25, 0.3) is 0 Å². The Morgan fingerprint density at radius 2 is 1.90 bits per heavy atom. The Hall–Kier alpha value is -0.410. The third kappa shape index (κ3) is 4.29. The number of rotatable bonds is 6. The smallest absolute Gasteiger partial charge is 0.141 e. The Bertz CT molecular complexity index is 458. The highest BCUT2D eigenvalue weighted by Crippen LogP contribution is 2.43. The van der Waals surface area contributed by atoms with Crippen molar-refractivity contribution in [2.75, 3.05) is 14.2 Å². The van der Waals surface area contributed by atoms with Crippen molar-refractivity contribution in [1.29, 1.82) is 0 Å². The lowest BCUT2D eigenvalue weighted by Crippen LogP contribution is -2.07. The molecular formula is C17H24BrClO2. The molecule has 1 aromatic rings. The molecule has 0 radical (unpaired) electrons. The topological polar surface area (TPSA) is 18.5 Å². The van der Waals surface area contributed by atoms with Crippen LogP contribution in [0.1, 0.15) is 55.9 Å². The van der Waals surface area contributed by atoms with Crippen molar-refractivity contribution in [2.45, 2.75) is 50.3 Å². The average molecular weight is 376 g/mol. The highest BCUT2D eigenvalue weighted by Gasteiger charge is 2.21. The normalized spacial score (nSPS) is 17.5. The molecule has 1 fully saturated rings. The molecule has 0 N–H and O–H groups in total. The number of hydrogen-bond donors (Lipinski definition) is 0. The average Bonchev–Trinajstić information content (AvgIpc) is 2.53. The fourth-order valence-corrected chi connectivity index (χ4v) is 4.16. The van der Waals surface area contributed by atoms with Gasteiger partial charge in [0.15, 0.2) is 0 Å². The second-order valence-electron chi connectivity index (χ2n) is 5.75. The van der Waals surface area contributed by atoms with Crippen LogP contribution in [0.5, 0.6) is 11.5 Å².